The van der Waals surface area contributed by atoms with E-state index < -0.39 is 0 Å². The van der Waals surface area contributed by atoms with Crippen LogP contribution in [0.1, 0.15) is 0 Å². The van der Waals surface area contributed by atoms with Gasteiger partial charge in [-0.3, -0.25) is 10.1 Å². The van der Waals surface area contributed by atoms with E-state index in [0.717, 1.165) is 56.0 Å². The zero-order chi connectivity index (χ0) is 19.9. The zero-order valence-electron chi connectivity index (χ0n) is 16.1. The number of aromatic nitrogens is 5. The first-order valence-electron chi connectivity index (χ1n) is 9.84. The fraction of sp³-hybridized carbons (Fsp3) is 0.182. The number of nitrogens with zero attached hydrogens (tertiary/aromatic N) is 5. The number of benzene rings is 1. The predicted molar refractivity (Wildman–Crippen MR) is 119 cm³/mol. The van der Waals surface area contributed by atoms with E-state index in [0.29, 0.717) is 19.0 Å². The average molecular weight is 414 g/mol. The number of fused-ring (bicyclic) bond motifs is 2. The molecule has 0 bridgehead atoms. The molecule has 8 heteroatoms. The van der Waals surface area contributed by atoms with Crippen LogP contribution in [0.2, 0.25) is 0 Å². The Morgan fingerprint density at radius 3 is 2.83 bits per heavy atom. The summed E-state index contributed by atoms with van der Waals surface area (Å²) in [6.07, 6.45) is 5.51. The van der Waals surface area contributed by atoms with Crippen molar-refractivity contribution < 1.29 is 4.74 Å². The summed E-state index contributed by atoms with van der Waals surface area (Å²) in [6.45, 7) is 3.06. The van der Waals surface area contributed by atoms with Crippen molar-refractivity contribution >= 4 is 38.3 Å². The van der Waals surface area contributed by atoms with Gasteiger partial charge in [0, 0.05) is 46.9 Å². The molecule has 7 nitrogen and oxygen atoms in total. The second-order valence-corrected chi connectivity index (χ2v) is 8.23. The highest BCUT2D eigenvalue weighted by Crippen LogP contribution is 2.39. The number of anilines is 1. The molecule has 1 aliphatic heterocycles. The van der Waals surface area contributed by atoms with Gasteiger partial charge >= 0.3 is 0 Å². The molecule has 0 atom stereocenters. The Balaban J connectivity index is 1.58. The molecular weight excluding hydrogens is 396 g/mol. The Morgan fingerprint density at radius 2 is 1.97 bits per heavy atom. The lowest BCUT2D eigenvalue weighted by Gasteiger charge is -2.28. The molecule has 1 saturated heterocycles. The molecule has 6 rings (SSSR count). The number of hydrogen-bond donors (Lipinski definition) is 1. The molecule has 0 radical (unpaired) electrons. The smallest absolute Gasteiger partial charge is 0.162 e. The van der Waals surface area contributed by atoms with E-state index in [2.05, 4.69) is 38.3 Å². The van der Waals surface area contributed by atoms with Crippen LogP contribution >= 0.6 is 11.3 Å². The van der Waals surface area contributed by atoms with Crippen LogP contribution in [-0.2, 0) is 4.74 Å². The van der Waals surface area contributed by atoms with Gasteiger partial charge in [-0.2, -0.15) is 5.10 Å². The number of nitrogens with one attached hydrogen (secondary N) is 1. The molecule has 0 saturated carbocycles. The van der Waals surface area contributed by atoms with Crippen LogP contribution in [0.25, 0.3) is 42.9 Å². The van der Waals surface area contributed by atoms with Crippen molar-refractivity contribution in [3.63, 3.8) is 0 Å². The maximum atomic E-state index is 5.57. The lowest BCUT2D eigenvalue weighted by molar-refractivity contribution is 0.122. The van der Waals surface area contributed by atoms with Crippen molar-refractivity contribution in [2.24, 2.45) is 0 Å². The highest BCUT2D eigenvalue weighted by Gasteiger charge is 2.21. The number of pyridine rings is 1. The number of hydrogen-bond acceptors (Lipinski definition) is 7. The highest BCUT2D eigenvalue weighted by molar-refractivity contribution is 7.22. The summed E-state index contributed by atoms with van der Waals surface area (Å²) in [5.74, 6) is 1.69. The van der Waals surface area contributed by atoms with Crippen LogP contribution in [0.15, 0.2) is 55.0 Å². The molecule has 1 fully saturated rings. The van der Waals surface area contributed by atoms with E-state index in [4.69, 9.17) is 14.7 Å². The van der Waals surface area contributed by atoms with Gasteiger partial charge < -0.3 is 9.64 Å². The third-order valence-electron chi connectivity index (χ3n) is 5.34. The second kappa shape index (κ2) is 7.16. The van der Waals surface area contributed by atoms with Crippen molar-refractivity contribution in [1.29, 1.82) is 0 Å². The summed E-state index contributed by atoms with van der Waals surface area (Å²) >= 11 is 1.71. The van der Waals surface area contributed by atoms with Crippen LogP contribution in [0, 0.1) is 0 Å². The monoisotopic (exact) mass is 414 g/mol. The molecule has 1 aromatic carbocycles. The van der Waals surface area contributed by atoms with Gasteiger partial charge in [0.05, 0.1) is 35.1 Å². The Labute approximate surface area is 176 Å². The van der Waals surface area contributed by atoms with Crippen molar-refractivity contribution in [3.8, 4) is 21.8 Å². The molecule has 4 aromatic heterocycles. The molecule has 0 amide bonds. The summed E-state index contributed by atoms with van der Waals surface area (Å²) in [6, 6.07) is 12.2. The standard InChI is InChI=1S/C22H18N6OS/c1-4-15(16-13-24-27-17(16)5-1)21-25-18-11-19(14-3-2-6-23-12-14)30-20(18)22(26-21)28-7-9-29-10-8-28/h1-6,11-13H,7-10H2,(H,24,27). The molecule has 1 N–H and O–H groups in total. The average Bonchev–Trinajstić information content (AvgIpc) is 3.46. The van der Waals surface area contributed by atoms with Gasteiger partial charge in [-0.15, -0.1) is 11.3 Å². The molecule has 0 aliphatic carbocycles. The van der Waals surface area contributed by atoms with Gasteiger partial charge in [-0.05, 0) is 18.2 Å². The van der Waals surface area contributed by atoms with Crippen LogP contribution in [0.4, 0.5) is 5.82 Å². The van der Waals surface area contributed by atoms with Crippen molar-refractivity contribution in [1.82, 2.24) is 25.1 Å². The predicted octanol–water partition coefficient (Wildman–Crippen LogP) is 4.13. The summed E-state index contributed by atoms with van der Waals surface area (Å²) in [7, 11) is 0. The Hall–Kier alpha value is -3.36. The molecule has 0 unspecified atom stereocenters. The maximum Gasteiger partial charge on any atom is 0.162 e. The van der Waals surface area contributed by atoms with E-state index in [1.807, 2.05) is 30.6 Å². The van der Waals surface area contributed by atoms with E-state index in [1.54, 1.807) is 17.5 Å². The number of H-pyrrole nitrogens is 1. The van der Waals surface area contributed by atoms with Crippen LogP contribution in [0.3, 0.4) is 0 Å². The number of rotatable bonds is 3. The molecule has 148 valence electrons. The van der Waals surface area contributed by atoms with Crippen LogP contribution < -0.4 is 4.90 Å². The first-order chi connectivity index (χ1) is 14.9. The van der Waals surface area contributed by atoms with E-state index in [9.17, 15) is 0 Å². The fourth-order valence-electron chi connectivity index (χ4n) is 3.84. The summed E-state index contributed by atoms with van der Waals surface area (Å²) in [5.41, 5.74) is 4.00. The highest BCUT2D eigenvalue weighted by atomic mass is 32.1. The van der Waals surface area contributed by atoms with E-state index in [-0.39, 0.29) is 0 Å². The van der Waals surface area contributed by atoms with Gasteiger partial charge in [0.25, 0.3) is 0 Å². The fourth-order valence-corrected chi connectivity index (χ4v) is 4.94. The van der Waals surface area contributed by atoms with Gasteiger partial charge in [0.15, 0.2) is 11.6 Å². The Kier molecular flexibility index (Phi) is 4.17. The third kappa shape index (κ3) is 2.92. The second-order valence-electron chi connectivity index (χ2n) is 7.17. The number of aromatic amines is 1. The topological polar surface area (TPSA) is 79.8 Å². The lowest BCUT2D eigenvalue weighted by Crippen LogP contribution is -2.36. The van der Waals surface area contributed by atoms with E-state index in [1.165, 1.54) is 0 Å². The van der Waals surface area contributed by atoms with Gasteiger partial charge in [0.1, 0.15) is 0 Å². The first-order valence-corrected chi connectivity index (χ1v) is 10.7. The molecule has 5 aromatic rings. The number of ether oxygens (including phenoxy) is 1. The van der Waals surface area contributed by atoms with Gasteiger partial charge in [-0.25, -0.2) is 9.97 Å². The Bertz CT molecular complexity index is 1340. The third-order valence-corrected chi connectivity index (χ3v) is 6.51. The van der Waals surface area contributed by atoms with Crippen molar-refractivity contribution in [2.45, 2.75) is 0 Å². The van der Waals surface area contributed by atoms with Crippen molar-refractivity contribution in [3.05, 3.63) is 55.0 Å². The first kappa shape index (κ1) is 17.5. The lowest BCUT2D eigenvalue weighted by atomic mass is 10.1. The van der Waals surface area contributed by atoms with Gasteiger partial charge in [0.2, 0.25) is 0 Å². The summed E-state index contributed by atoms with van der Waals surface area (Å²) in [5, 5.41) is 8.25. The van der Waals surface area contributed by atoms with Crippen molar-refractivity contribution in [2.75, 3.05) is 31.2 Å². The normalized spacial score (nSPS) is 14.6. The van der Waals surface area contributed by atoms with Crippen LogP contribution in [0.5, 0.6) is 0 Å². The molecule has 1 aliphatic rings. The summed E-state index contributed by atoms with van der Waals surface area (Å²) in [4.78, 5) is 17.7. The minimum Gasteiger partial charge on any atom is -0.378 e. The number of morpholine rings is 1. The molecule has 5 heterocycles. The maximum absolute atomic E-state index is 5.57. The van der Waals surface area contributed by atoms with Gasteiger partial charge in [-0.1, -0.05) is 18.2 Å². The zero-order valence-corrected chi connectivity index (χ0v) is 16.9. The van der Waals surface area contributed by atoms with E-state index >= 15 is 0 Å². The molecule has 0 spiro atoms. The number of thiophene rings is 1. The quantitative estimate of drug-likeness (QED) is 0.478. The minimum absolute atomic E-state index is 0.707. The van der Waals surface area contributed by atoms with Crippen LogP contribution in [-0.4, -0.2) is 51.5 Å². The SMILES string of the molecule is c1cncc(-c2cc3nc(-c4cccc5[nH]ncc45)nc(N4CCOCC4)c3s2)c1. The summed E-state index contributed by atoms with van der Waals surface area (Å²) < 4.78 is 6.66. The minimum atomic E-state index is 0.707. The Morgan fingerprint density at radius 1 is 1.03 bits per heavy atom. The molecular formula is C22H18N6OS. The molecule has 30 heavy (non-hydrogen) atoms. The largest absolute Gasteiger partial charge is 0.378 e.